The summed E-state index contributed by atoms with van der Waals surface area (Å²) in [4.78, 5) is 20.1. The van der Waals surface area contributed by atoms with Gasteiger partial charge in [-0.2, -0.15) is 0 Å². The Kier molecular flexibility index (Phi) is 6.85. The Morgan fingerprint density at radius 3 is 2.08 bits per heavy atom. The van der Waals surface area contributed by atoms with Crippen LogP contribution in [0.25, 0.3) is 0 Å². The molecule has 0 saturated carbocycles. The van der Waals surface area contributed by atoms with Crippen LogP contribution in [0.15, 0.2) is 0 Å². The Morgan fingerprint density at radius 2 is 1.54 bits per heavy atom. The van der Waals surface area contributed by atoms with E-state index < -0.39 is 11.9 Å². The highest BCUT2D eigenvalue weighted by molar-refractivity contribution is 5.69. The van der Waals surface area contributed by atoms with Gasteiger partial charge >= 0.3 is 11.9 Å². The first-order valence-electron chi connectivity index (χ1n) is 3.98. The van der Waals surface area contributed by atoms with Crippen molar-refractivity contribution in [3.05, 3.63) is 0 Å². The topological polar surface area (TPSA) is 98.7 Å². The molecule has 0 fully saturated rings. The maximum absolute atomic E-state index is 10.0. The minimum Gasteiger partial charge on any atom is -0.481 e. The average molecular weight is 190 g/mol. The van der Waals surface area contributed by atoms with Crippen molar-refractivity contribution in [2.75, 3.05) is 26.2 Å². The molecule has 13 heavy (non-hydrogen) atoms. The van der Waals surface area contributed by atoms with Crippen molar-refractivity contribution >= 4 is 11.9 Å². The summed E-state index contributed by atoms with van der Waals surface area (Å²) in [6, 6.07) is 0. The van der Waals surface area contributed by atoms with E-state index in [1.165, 1.54) is 0 Å². The van der Waals surface area contributed by atoms with Gasteiger partial charge in [0.15, 0.2) is 0 Å². The van der Waals surface area contributed by atoms with Crippen LogP contribution in [0.5, 0.6) is 0 Å². The quantitative estimate of drug-likeness (QED) is 0.356. The van der Waals surface area contributed by atoms with E-state index in [0.29, 0.717) is 19.6 Å². The third kappa shape index (κ3) is 10.9. The molecule has 76 valence electrons. The molecule has 0 amide bonds. The number of carboxylic acid groups (broad SMARTS) is 2. The van der Waals surface area contributed by atoms with E-state index in [9.17, 15) is 9.59 Å². The minimum atomic E-state index is -0.898. The van der Waals surface area contributed by atoms with Gasteiger partial charge in [-0.15, -0.1) is 0 Å². The maximum atomic E-state index is 10.0. The Morgan fingerprint density at radius 1 is 0.923 bits per heavy atom. The number of aliphatic carboxylic acids is 2. The lowest BCUT2D eigenvalue weighted by molar-refractivity contribution is -0.137. The minimum absolute atomic E-state index is 0.0688. The molecule has 6 heteroatoms. The van der Waals surface area contributed by atoms with Crippen molar-refractivity contribution in [1.82, 2.24) is 10.6 Å². The Balaban J connectivity index is 3.00. The molecule has 0 aliphatic heterocycles. The van der Waals surface area contributed by atoms with Crippen LogP contribution in [0.4, 0.5) is 0 Å². The number of hydrogen-bond donors (Lipinski definition) is 4. The second-order valence-corrected chi connectivity index (χ2v) is 2.46. The standard InChI is InChI=1S/C7H14N2O4/c10-6(11)1-2-8-3-4-9-5-7(12)13/h8-9H,1-5H2,(H,10,11)(H,12,13). The van der Waals surface area contributed by atoms with Gasteiger partial charge in [-0.05, 0) is 0 Å². The van der Waals surface area contributed by atoms with Crippen molar-refractivity contribution < 1.29 is 19.8 Å². The van der Waals surface area contributed by atoms with Gasteiger partial charge in [0.1, 0.15) is 0 Å². The second-order valence-electron chi connectivity index (χ2n) is 2.46. The molecular weight excluding hydrogens is 176 g/mol. The smallest absolute Gasteiger partial charge is 0.317 e. The first-order chi connectivity index (χ1) is 6.13. The molecule has 0 aliphatic carbocycles. The monoisotopic (exact) mass is 190 g/mol. The lowest BCUT2D eigenvalue weighted by Gasteiger charge is -2.02. The fraction of sp³-hybridized carbons (Fsp3) is 0.714. The van der Waals surface area contributed by atoms with Crippen LogP contribution in [0.3, 0.4) is 0 Å². The third-order valence-electron chi connectivity index (χ3n) is 1.27. The fourth-order valence-corrected chi connectivity index (χ4v) is 0.692. The van der Waals surface area contributed by atoms with Crippen molar-refractivity contribution in [1.29, 1.82) is 0 Å². The highest BCUT2D eigenvalue weighted by Gasteiger charge is 1.96. The lowest BCUT2D eigenvalue weighted by Crippen LogP contribution is -2.31. The van der Waals surface area contributed by atoms with Crippen molar-refractivity contribution in [3.63, 3.8) is 0 Å². The SMILES string of the molecule is O=C(O)CCNCCNCC(=O)O. The molecule has 0 aromatic carbocycles. The molecule has 0 atom stereocenters. The summed E-state index contributed by atoms with van der Waals surface area (Å²) in [5.41, 5.74) is 0. The van der Waals surface area contributed by atoms with Crippen LogP contribution in [0, 0.1) is 0 Å². The molecule has 0 bridgehead atoms. The van der Waals surface area contributed by atoms with Gasteiger partial charge in [-0.25, -0.2) is 0 Å². The molecule has 4 N–H and O–H groups in total. The van der Waals surface area contributed by atoms with E-state index in [4.69, 9.17) is 10.2 Å². The maximum Gasteiger partial charge on any atom is 0.317 e. The van der Waals surface area contributed by atoms with Crippen molar-refractivity contribution in [2.24, 2.45) is 0 Å². The molecule has 0 rings (SSSR count). The van der Waals surface area contributed by atoms with Crippen molar-refractivity contribution in [3.8, 4) is 0 Å². The summed E-state index contributed by atoms with van der Waals surface area (Å²) in [6.07, 6.45) is 0.0823. The number of carbonyl (C=O) groups is 2. The van der Waals surface area contributed by atoms with Gasteiger partial charge in [0.2, 0.25) is 0 Å². The summed E-state index contributed by atoms with van der Waals surface area (Å²) in [7, 11) is 0. The molecule has 0 heterocycles. The predicted octanol–water partition coefficient (Wildman–Crippen LogP) is -1.28. The highest BCUT2D eigenvalue weighted by Crippen LogP contribution is 1.73. The van der Waals surface area contributed by atoms with E-state index in [1.807, 2.05) is 0 Å². The summed E-state index contributed by atoms with van der Waals surface area (Å²) in [6.45, 7) is 1.43. The van der Waals surface area contributed by atoms with E-state index in [0.717, 1.165) is 0 Å². The van der Waals surface area contributed by atoms with Gasteiger partial charge < -0.3 is 20.8 Å². The average Bonchev–Trinajstić information content (AvgIpc) is 2.01. The summed E-state index contributed by atoms with van der Waals surface area (Å²) < 4.78 is 0. The van der Waals surface area contributed by atoms with E-state index >= 15 is 0 Å². The molecule has 0 aromatic heterocycles. The van der Waals surface area contributed by atoms with E-state index in [2.05, 4.69) is 10.6 Å². The normalized spacial score (nSPS) is 9.85. The molecule has 0 spiro atoms. The molecular formula is C7H14N2O4. The molecule has 0 aliphatic rings. The van der Waals surface area contributed by atoms with E-state index in [-0.39, 0.29) is 13.0 Å². The summed E-state index contributed by atoms with van der Waals surface area (Å²) in [5, 5.41) is 22.0. The van der Waals surface area contributed by atoms with Crippen molar-refractivity contribution in [2.45, 2.75) is 6.42 Å². The number of hydrogen-bond acceptors (Lipinski definition) is 4. The van der Waals surface area contributed by atoms with Crippen LogP contribution in [0.1, 0.15) is 6.42 Å². The van der Waals surface area contributed by atoms with Gasteiger partial charge in [0.05, 0.1) is 13.0 Å². The van der Waals surface area contributed by atoms with Gasteiger partial charge in [0.25, 0.3) is 0 Å². The zero-order valence-electron chi connectivity index (χ0n) is 7.25. The lowest BCUT2D eigenvalue weighted by atomic mass is 10.4. The van der Waals surface area contributed by atoms with Crippen LogP contribution in [-0.4, -0.2) is 48.3 Å². The van der Waals surface area contributed by atoms with Crippen LogP contribution in [0.2, 0.25) is 0 Å². The number of nitrogens with one attached hydrogen (secondary N) is 2. The number of rotatable bonds is 8. The zero-order valence-corrected chi connectivity index (χ0v) is 7.25. The van der Waals surface area contributed by atoms with Gasteiger partial charge in [-0.1, -0.05) is 0 Å². The second kappa shape index (κ2) is 7.51. The largest absolute Gasteiger partial charge is 0.481 e. The number of carboxylic acids is 2. The first-order valence-corrected chi connectivity index (χ1v) is 3.98. The molecule has 0 saturated heterocycles. The predicted molar refractivity (Wildman–Crippen MR) is 45.6 cm³/mol. The Bertz CT molecular complexity index is 154. The Labute approximate surface area is 75.9 Å². The molecule has 0 radical (unpaired) electrons. The van der Waals surface area contributed by atoms with E-state index in [1.54, 1.807) is 0 Å². The summed E-state index contributed by atoms with van der Waals surface area (Å²) >= 11 is 0. The fourth-order valence-electron chi connectivity index (χ4n) is 0.692. The summed E-state index contributed by atoms with van der Waals surface area (Å²) in [5.74, 6) is -1.74. The third-order valence-corrected chi connectivity index (χ3v) is 1.27. The van der Waals surface area contributed by atoms with Crippen LogP contribution >= 0.6 is 0 Å². The highest BCUT2D eigenvalue weighted by atomic mass is 16.4. The first kappa shape index (κ1) is 11.9. The molecule has 6 nitrogen and oxygen atoms in total. The molecule has 0 unspecified atom stereocenters. The van der Waals surface area contributed by atoms with Gasteiger partial charge in [-0.3, -0.25) is 9.59 Å². The van der Waals surface area contributed by atoms with Crippen LogP contribution < -0.4 is 10.6 Å². The molecule has 0 aromatic rings. The van der Waals surface area contributed by atoms with Crippen LogP contribution in [-0.2, 0) is 9.59 Å². The Hall–Kier alpha value is -1.14. The zero-order chi connectivity index (χ0) is 10.1. The van der Waals surface area contributed by atoms with Gasteiger partial charge in [0, 0.05) is 19.6 Å².